The molecule has 0 spiro atoms. The number of likely N-dealkylation sites (N-methyl/N-ethyl adjacent to an activating group) is 1. The van der Waals surface area contributed by atoms with Crippen LogP contribution in [-0.2, 0) is 23.3 Å². The molecule has 0 aromatic carbocycles. The molecule has 2 atom stereocenters. The number of hydrogen-bond donors (Lipinski definition) is 2. The second-order valence-electron chi connectivity index (χ2n) is 10.8. The maximum atomic E-state index is 12.6. The number of phosphoric acid groups is 1. The first-order chi connectivity index (χ1) is 17.4. The standard InChI is InChI=1S/C26H53N2O8P/c1-5-6-7-8-9-10-11-12-13-14-15-16-17-18-19-20-25(30)27(24(23-29)26(31)32)36-37(33,34)35-22-21-28(2,3)4/h24,29H,5-23H2,1-4H3,(H-,31,32,33,34)/t24-/m0/s1. The first-order valence-corrected chi connectivity index (χ1v) is 15.5. The van der Waals surface area contributed by atoms with Crippen LogP contribution in [0.4, 0.5) is 0 Å². The van der Waals surface area contributed by atoms with Gasteiger partial charge < -0.3 is 24.1 Å². The molecule has 10 nitrogen and oxygen atoms in total. The van der Waals surface area contributed by atoms with Crippen molar-refractivity contribution in [2.45, 2.75) is 116 Å². The van der Waals surface area contributed by atoms with E-state index in [2.05, 4.69) is 6.92 Å². The second kappa shape index (κ2) is 20.9. The van der Waals surface area contributed by atoms with Crippen LogP contribution in [0.3, 0.4) is 0 Å². The Morgan fingerprint density at radius 1 is 0.865 bits per heavy atom. The number of hydrogen-bond acceptors (Lipinski definition) is 7. The van der Waals surface area contributed by atoms with Crippen molar-refractivity contribution < 1.29 is 42.9 Å². The van der Waals surface area contributed by atoms with Crippen LogP contribution in [0.5, 0.6) is 0 Å². The summed E-state index contributed by atoms with van der Waals surface area (Å²) in [5, 5.41) is 18.9. The van der Waals surface area contributed by atoms with Gasteiger partial charge in [0.1, 0.15) is 13.2 Å². The lowest BCUT2D eigenvalue weighted by molar-refractivity contribution is -0.870. The van der Waals surface area contributed by atoms with Crippen molar-refractivity contribution in [2.75, 3.05) is 40.9 Å². The lowest BCUT2D eigenvalue weighted by atomic mass is 10.0. The number of carboxylic acid groups (broad SMARTS) is 1. The van der Waals surface area contributed by atoms with Crippen molar-refractivity contribution in [2.24, 2.45) is 0 Å². The topological polar surface area (TPSA) is 136 Å². The van der Waals surface area contributed by atoms with Gasteiger partial charge in [-0.15, -0.1) is 0 Å². The van der Waals surface area contributed by atoms with Crippen molar-refractivity contribution in [1.82, 2.24) is 5.06 Å². The number of aliphatic carboxylic acids is 1. The fourth-order valence-corrected chi connectivity index (χ4v) is 4.62. The lowest BCUT2D eigenvalue weighted by Gasteiger charge is -2.33. The van der Waals surface area contributed by atoms with Crippen LogP contribution in [-0.4, -0.2) is 78.6 Å². The number of phosphoric ester groups is 1. The number of amides is 1. The number of aliphatic hydroxyl groups excluding tert-OH is 1. The number of aliphatic hydroxyl groups is 1. The first kappa shape index (κ1) is 36.0. The molecule has 0 fully saturated rings. The van der Waals surface area contributed by atoms with Crippen molar-refractivity contribution in [3.05, 3.63) is 0 Å². The van der Waals surface area contributed by atoms with E-state index in [1.807, 2.05) is 21.1 Å². The van der Waals surface area contributed by atoms with Crippen LogP contribution in [0.15, 0.2) is 0 Å². The Balaban J connectivity index is 4.26. The molecule has 0 heterocycles. The summed E-state index contributed by atoms with van der Waals surface area (Å²) < 4.78 is 22.1. The summed E-state index contributed by atoms with van der Waals surface area (Å²) >= 11 is 0. The Hall–Kier alpha value is -1.03. The molecular formula is C26H53N2O8P. The van der Waals surface area contributed by atoms with E-state index < -0.39 is 32.3 Å². The molecule has 0 saturated carbocycles. The van der Waals surface area contributed by atoms with Crippen LogP contribution in [0.2, 0.25) is 0 Å². The molecule has 0 aliphatic rings. The summed E-state index contributed by atoms with van der Waals surface area (Å²) in [5.41, 5.74) is 0. The molecule has 0 aliphatic heterocycles. The van der Waals surface area contributed by atoms with E-state index in [1.165, 1.54) is 64.2 Å². The molecule has 0 bridgehead atoms. The zero-order chi connectivity index (χ0) is 28.2. The summed E-state index contributed by atoms with van der Waals surface area (Å²) in [5.74, 6) is -2.39. The Bertz CT molecular complexity index is 657. The molecule has 0 aromatic heterocycles. The number of carbonyl (C=O) groups excluding carboxylic acids is 1. The number of rotatable bonds is 25. The molecule has 0 rings (SSSR count). The van der Waals surface area contributed by atoms with Crippen molar-refractivity contribution in [3.8, 4) is 0 Å². The zero-order valence-electron chi connectivity index (χ0n) is 23.7. The maximum absolute atomic E-state index is 12.6. The highest BCUT2D eigenvalue weighted by atomic mass is 31.2. The fourth-order valence-electron chi connectivity index (χ4n) is 3.84. The Kier molecular flexibility index (Phi) is 20.3. The average Bonchev–Trinajstić information content (AvgIpc) is 2.80. The van der Waals surface area contributed by atoms with Gasteiger partial charge in [0.25, 0.3) is 7.82 Å². The van der Waals surface area contributed by atoms with Crippen molar-refractivity contribution in [3.63, 3.8) is 0 Å². The molecule has 220 valence electrons. The van der Waals surface area contributed by atoms with E-state index in [1.54, 1.807) is 0 Å². The Labute approximate surface area is 224 Å². The third-order valence-corrected chi connectivity index (χ3v) is 7.06. The fraction of sp³-hybridized carbons (Fsp3) is 0.923. The third-order valence-electron chi connectivity index (χ3n) is 6.18. The molecular weight excluding hydrogens is 499 g/mol. The van der Waals surface area contributed by atoms with Crippen LogP contribution in [0, 0.1) is 0 Å². The predicted octanol–water partition coefficient (Wildman–Crippen LogP) is 4.64. The summed E-state index contributed by atoms with van der Waals surface area (Å²) in [6.07, 6.45) is 17.4. The summed E-state index contributed by atoms with van der Waals surface area (Å²) in [6.45, 7) is 1.41. The summed E-state index contributed by atoms with van der Waals surface area (Å²) in [7, 11) is 0.540. The van der Waals surface area contributed by atoms with Crippen LogP contribution < -0.4 is 4.89 Å². The molecule has 1 amide bonds. The largest absolute Gasteiger partial charge is 0.755 e. The molecule has 0 aliphatic carbocycles. The van der Waals surface area contributed by atoms with E-state index in [0.717, 1.165) is 25.7 Å². The van der Waals surface area contributed by atoms with Gasteiger partial charge in [-0.3, -0.25) is 9.36 Å². The normalized spacial score (nSPS) is 14.3. The lowest BCUT2D eigenvalue weighted by Crippen LogP contribution is -2.47. The monoisotopic (exact) mass is 552 g/mol. The minimum Gasteiger partial charge on any atom is -0.755 e. The van der Waals surface area contributed by atoms with E-state index in [0.29, 0.717) is 17.4 Å². The van der Waals surface area contributed by atoms with Gasteiger partial charge >= 0.3 is 5.97 Å². The first-order valence-electron chi connectivity index (χ1n) is 14.0. The smallest absolute Gasteiger partial charge is 0.331 e. The van der Waals surface area contributed by atoms with E-state index in [9.17, 15) is 29.3 Å². The highest BCUT2D eigenvalue weighted by Gasteiger charge is 2.33. The maximum Gasteiger partial charge on any atom is 0.331 e. The van der Waals surface area contributed by atoms with Gasteiger partial charge in [-0.25, -0.2) is 4.79 Å². The molecule has 37 heavy (non-hydrogen) atoms. The Morgan fingerprint density at radius 3 is 1.68 bits per heavy atom. The minimum atomic E-state index is -5.00. The molecule has 2 N–H and O–H groups in total. The van der Waals surface area contributed by atoms with Crippen LogP contribution in [0.1, 0.15) is 110 Å². The molecule has 0 saturated heterocycles. The number of carboxylic acids is 1. The highest BCUT2D eigenvalue weighted by Crippen LogP contribution is 2.40. The van der Waals surface area contributed by atoms with Gasteiger partial charge in [0.05, 0.1) is 27.7 Å². The van der Waals surface area contributed by atoms with Gasteiger partial charge in [0.2, 0.25) is 5.91 Å². The van der Waals surface area contributed by atoms with E-state index >= 15 is 0 Å². The Morgan fingerprint density at radius 2 is 1.30 bits per heavy atom. The van der Waals surface area contributed by atoms with Crippen LogP contribution in [0.25, 0.3) is 0 Å². The predicted molar refractivity (Wildman–Crippen MR) is 142 cm³/mol. The summed E-state index contributed by atoms with van der Waals surface area (Å²) in [4.78, 5) is 36.2. The van der Waals surface area contributed by atoms with E-state index in [4.69, 9.17) is 9.15 Å². The summed E-state index contributed by atoms with van der Waals surface area (Å²) in [6, 6.07) is -1.84. The van der Waals surface area contributed by atoms with Gasteiger partial charge in [0.15, 0.2) is 6.04 Å². The zero-order valence-corrected chi connectivity index (χ0v) is 24.6. The molecule has 0 radical (unpaired) electrons. The van der Waals surface area contributed by atoms with Crippen molar-refractivity contribution >= 4 is 19.7 Å². The van der Waals surface area contributed by atoms with Gasteiger partial charge in [-0.1, -0.05) is 96.8 Å². The number of hydroxylamine groups is 2. The SMILES string of the molecule is CCCCCCCCCCCCCCCCCC(=O)N(OP(=O)([O-])OCC[N+](C)(C)C)[C@@H](CO)C(=O)O. The quantitative estimate of drug-likeness (QED) is 0.0723. The van der Waals surface area contributed by atoms with Gasteiger partial charge in [-0.2, -0.15) is 9.69 Å². The van der Waals surface area contributed by atoms with Crippen molar-refractivity contribution in [1.29, 1.82) is 0 Å². The third kappa shape index (κ3) is 20.6. The second-order valence-corrected chi connectivity index (χ2v) is 12.1. The van der Waals surface area contributed by atoms with Gasteiger partial charge in [-0.05, 0) is 6.42 Å². The number of quaternary nitrogens is 1. The molecule has 1 unspecified atom stereocenters. The van der Waals surface area contributed by atoms with E-state index in [-0.39, 0.29) is 18.1 Å². The average molecular weight is 553 g/mol. The molecule has 11 heteroatoms. The van der Waals surface area contributed by atoms with Crippen LogP contribution >= 0.6 is 7.82 Å². The minimum absolute atomic E-state index is 0.0824. The number of unbranched alkanes of at least 4 members (excludes halogenated alkanes) is 14. The van der Waals surface area contributed by atoms with Gasteiger partial charge in [0, 0.05) is 6.42 Å². The highest BCUT2D eigenvalue weighted by molar-refractivity contribution is 7.45. The number of nitrogens with zero attached hydrogens (tertiary/aromatic N) is 2. The number of carbonyl (C=O) groups is 2. The molecule has 0 aromatic rings.